The van der Waals surface area contributed by atoms with Gasteiger partial charge < -0.3 is 4.74 Å². The van der Waals surface area contributed by atoms with Crippen LogP contribution in [0.15, 0.2) is 36.7 Å². The maximum absolute atomic E-state index is 12.3. The lowest BCUT2D eigenvalue weighted by molar-refractivity contribution is 0.0721. The van der Waals surface area contributed by atoms with Crippen LogP contribution in [0, 0.1) is 5.92 Å². The molecule has 1 heterocycles. The second-order valence-corrected chi connectivity index (χ2v) is 8.39. The van der Waals surface area contributed by atoms with Gasteiger partial charge in [0.15, 0.2) is 0 Å². The Morgan fingerprint density at radius 3 is 2.07 bits per heavy atom. The fraction of sp³-hybridized carbons (Fsp3) is 0.577. The number of hydrogen-bond acceptors (Lipinski definition) is 4. The molecule has 1 unspecified atom stereocenters. The molecular formula is C26H38N2O2. The van der Waals surface area contributed by atoms with Gasteiger partial charge in [-0.15, -0.1) is 0 Å². The van der Waals surface area contributed by atoms with Gasteiger partial charge in [-0.1, -0.05) is 84.3 Å². The molecule has 0 N–H and O–H groups in total. The summed E-state index contributed by atoms with van der Waals surface area (Å²) in [4.78, 5) is 20.7. The van der Waals surface area contributed by atoms with Gasteiger partial charge in [-0.25, -0.2) is 14.8 Å². The Morgan fingerprint density at radius 1 is 0.867 bits per heavy atom. The molecule has 30 heavy (non-hydrogen) atoms. The summed E-state index contributed by atoms with van der Waals surface area (Å²) in [7, 11) is 0. The van der Waals surface area contributed by atoms with Gasteiger partial charge in [-0.05, 0) is 48.4 Å². The van der Waals surface area contributed by atoms with Gasteiger partial charge in [-0.3, -0.25) is 0 Å². The third kappa shape index (κ3) is 9.06. The van der Waals surface area contributed by atoms with Crippen LogP contribution in [0.1, 0.15) is 100 Å². The van der Waals surface area contributed by atoms with Crippen LogP contribution in [0.2, 0.25) is 0 Å². The van der Waals surface area contributed by atoms with Crippen molar-refractivity contribution in [2.24, 2.45) is 5.92 Å². The summed E-state index contributed by atoms with van der Waals surface area (Å²) in [5.41, 5.74) is 2.33. The van der Waals surface area contributed by atoms with Gasteiger partial charge in [-0.2, -0.15) is 0 Å². The van der Waals surface area contributed by atoms with Gasteiger partial charge in [0.2, 0.25) is 5.82 Å². The maximum Gasteiger partial charge on any atom is 0.381 e. The first kappa shape index (κ1) is 24.0. The van der Waals surface area contributed by atoms with Crippen LogP contribution in [-0.4, -0.2) is 15.9 Å². The highest BCUT2D eigenvalue weighted by atomic mass is 16.5. The van der Waals surface area contributed by atoms with Crippen molar-refractivity contribution in [1.82, 2.24) is 9.97 Å². The zero-order valence-corrected chi connectivity index (χ0v) is 19.0. The Kier molecular flexibility index (Phi) is 11.1. The van der Waals surface area contributed by atoms with Gasteiger partial charge in [0.25, 0.3) is 0 Å². The van der Waals surface area contributed by atoms with Crippen LogP contribution in [-0.2, 0) is 12.8 Å². The molecule has 0 radical (unpaired) electrons. The first-order chi connectivity index (χ1) is 14.6. The summed E-state index contributed by atoms with van der Waals surface area (Å²) in [6.45, 7) is 6.68. The van der Waals surface area contributed by atoms with Gasteiger partial charge >= 0.3 is 5.97 Å². The van der Waals surface area contributed by atoms with E-state index in [0.29, 0.717) is 11.7 Å². The molecule has 4 heteroatoms. The molecule has 4 nitrogen and oxygen atoms in total. The van der Waals surface area contributed by atoms with Crippen LogP contribution in [0.4, 0.5) is 0 Å². The molecular weight excluding hydrogens is 372 g/mol. The van der Waals surface area contributed by atoms with E-state index in [9.17, 15) is 4.79 Å². The number of nitrogens with zero attached hydrogens (tertiary/aromatic N) is 2. The molecule has 2 aromatic rings. The normalized spacial score (nSPS) is 12.0. The average molecular weight is 411 g/mol. The van der Waals surface area contributed by atoms with Crippen molar-refractivity contribution in [2.75, 3.05) is 0 Å². The summed E-state index contributed by atoms with van der Waals surface area (Å²) in [6.07, 6.45) is 17.0. The molecule has 0 saturated carbocycles. The molecule has 0 aliphatic carbocycles. The molecule has 0 saturated heterocycles. The van der Waals surface area contributed by atoms with Crippen molar-refractivity contribution in [2.45, 2.75) is 91.4 Å². The second kappa shape index (κ2) is 13.9. The number of carbonyl (C=O) groups excluding carboxylic acids is 1. The Hall–Kier alpha value is -2.23. The van der Waals surface area contributed by atoms with Crippen molar-refractivity contribution in [3.63, 3.8) is 0 Å². The number of rotatable bonds is 14. The topological polar surface area (TPSA) is 52.1 Å². The number of unbranched alkanes of at least 4 members (excludes halogenated alkanes) is 7. The molecule has 164 valence electrons. The lowest BCUT2D eigenvalue weighted by Crippen LogP contribution is -2.13. The van der Waals surface area contributed by atoms with E-state index in [1.165, 1.54) is 50.5 Å². The maximum atomic E-state index is 12.3. The molecule has 1 aromatic carbocycles. The number of aromatic nitrogens is 2. The minimum Gasteiger partial charge on any atom is -0.421 e. The molecule has 1 aromatic heterocycles. The number of esters is 1. The van der Waals surface area contributed by atoms with E-state index in [1.807, 2.05) is 24.3 Å². The van der Waals surface area contributed by atoms with Crippen LogP contribution in [0.3, 0.4) is 0 Å². The zero-order valence-electron chi connectivity index (χ0n) is 19.0. The van der Waals surface area contributed by atoms with E-state index in [0.717, 1.165) is 31.2 Å². The molecule has 0 bridgehead atoms. The Labute approximate surface area is 182 Å². The summed E-state index contributed by atoms with van der Waals surface area (Å²) in [6, 6.07) is 7.71. The number of carbonyl (C=O) groups is 1. The van der Waals surface area contributed by atoms with Crippen molar-refractivity contribution in [3.8, 4) is 5.75 Å². The molecule has 0 fully saturated rings. The predicted octanol–water partition coefficient (Wildman–Crippen LogP) is 6.97. The lowest BCUT2D eigenvalue weighted by atomic mass is 9.99. The summed E-state index contributed by atoms with van der Waals surface area (Å²) >= 11 is 0. The molecule has 0 spiro atoms. The number of benzene rings is 1. The standard InChI is InChI=1S/C26H38N2O2/c1-4-6-7-8-9-10-11-12-13-23-19-27-25(28-20-23)26(29)30-24-16-14-22(15-17-24)18-21(3)5-2/h14-17,19-21H,4-13,18H2,1-3H3. The molecule has 1 atom stereocenters. The van der Waals surface area contributed by atoms with Crippen molar-refractivity contribution >= 4 is 5.97 Å². The van der Waals surface area contributed by atoms with Crippen molar-refractivity contribution in [1.29, 1.82) is 0 Å². The number of aryl methyl sites for hydroxylation is 1. The fourth-order valence-electron chi connectivity index (χ4n) is 3.45. The SMILES string of the molecule is CCCCCCCCCCc1cnc(C(=O)Oc2ccc(CC(C)CC)cc2)nc1. The number of hydrogen-bond donors (Lipinski definition) is 0. The third-order valence-corrected chi connectivity index (χ3v) is 5.62. The molecule has 2 rings (SSSR count). The summed E-state index contributed by atoms with van der Waals surface area (Å²) in [5, 5.41) is 0. The Bertz CT molecular complexity index is 726. The first-order valence-corrected chi connectivity index (χ1v) is 11.7. The monoisotopic (exact) mass is 410 g/mol. The average Bonchev–Trinajstić information content (AvgIpc) is 2.77. The predicted molar refractivity (Wildman–Crippen MR) is 123 cm³/mol. The minimum absolute atomic E-state index is 0.110. The van der Waals surface area contributed by atoms with Crippen LogP contribution < -0.4 is 4.74 Å². The smallest absolute Gasteiger partial charge is 0.381 e. The highest BCUT2D eigenvalue weighted by Crippen LogP contribution is 2.17. The van der Waals surface area contributed by atoms with E-state index in [1.54, 1.807) is 12.4 Å². The van der Waals surface area contributed by atoms with Crippen LogP contribution in [0.5, 0.6) is 5.75 Å². The van der Waals surface area contributed by atoms with E-state index in [-0.39, 0.29) is 5.82 Å². The third-order valence-electron chi connectivity index (χ3n) is 5.62. The van der Waals surface area contributed by atoms with Gasteiger partial charge in [0.05, 0.1) is 0 Å². The lowest BCUT2D eigenvalue weighted by Gasteiger charge is -2.09. The van der Waals surface area contributed by atoms with Crippen LogP contribution >= 0.6 is 0 Å². The van der Waals surface area contributed by atoms with Gasteiger partial charge in [0, 0.05) is 12.4 Å². The number of ether oxygens (including phenoxy) is 1. The fourth-order valence-corrected chi connectivity index (χ4v) is 3.45. The first-order valence-electron chi connectivity index (χ1n) is 11.7. The van der Waals surface area contributed by atoms with Crippen molar-refractivity contribution < 1.29 is 9.53 Å². The van der Waals surface area contributed by atoms with E-state index >= 15 is 0 Å². The second-order valence-electron chi connectivity index (χ2n) is 8.39. The Balaban J connectivity index is 1.71. The van der Waals surface area contributed by atoms with Crippen LogP contribution in [0.25, 0.3) is 0 Å². The molecule has 0 amide bonds. The quantitative estimate of drug-likeness (QED) is 0.192. The highest BCUT2D eigenvalue weighted by Gasteiger charge is 2.12. The van der Waals surface area contributed by atoms with Gasteiger partial charge in [0.1, 0.15) is 5.75 Å². The van der Waals surface area contributed by atoms with E-state index in [2.05, 4.69) is 30.7 Å². The summed E-state index contributed by atoms with van der Waals surface area (Å²) in [5.74, 6) is 0.775. The van der Waals surface area contributed by atoms with E-state index < -0.39 is 5.97 Å². The largest absolute Gasteiger partial charge is 0.421 e. The van der Waals surface area contributed by atoms with E-state index in [4.69, 9.17) is 4.74 Å². The minimum atomic E-state index is -0.511. The Morgan fingerprint density at radius 2 is 1.47 bits per heavy atom. The summed E-state index contributed by atoms with van der Waals surface area (Å²) < 4.78 is 5.42. The zero-order chi connectivity index (χ0) is 21.6. The molecule has 0 aliphatic heterocycles. The van der Waals surface area contributed by atoms with Crippen molar-refractivity contribution in [3.05, 3.63) is 53.6 Å². The highest BCUT2D eigenvalue weighted by molar-refractivity contribution is 5.86. The molecule has 0 aliphatic rings.